The smallest absolute Gasteiger partial charge is 0.326 e. The van der Waals surface area contributed by atoms with Crippen LogP contribution in [0.25, 0.3) is 0 Å². The van der Waals surface area contributed by atoms with E-state index in [2.05, 4.69) is 19.2 Å². The average molecular weight is 259 g/mol. The van der Waals surface area contributed by atoms with Gasteiger partial charge >= 0.3 is 5.97 Å². The average Bonchev–Trinajstić information content (AvgIpc) is 2.73. The van der Waals surface area contributed by atoms with Crippen molar-refractivity contribution in [1.82, 2.24) is 5.32 Å². The quantitative estimate of drug-likeness (QED) is 0.744. The van der Waals surface area contributed by atoms with E-state index in [1.54, 1.807) is 0 Å². The summed E-state index contributed by atoms with van der Waals surface area (Å²) in [7, 11) is 1.48. The van der Waals surface area contributed by atoms with E-state index in [1.807, 2.05) is 18.7 Å². The Morgan fingerprint density at radius 1 is 1.59 bits per heavy atom. The highest BCUT2D eigenvalue weighted by Gasteiger charge is 2.45. The Labute approximate surface area is 109 Å². The van der Waals surface area contributed by atoms with Crippen LogP contribution in [0, 0.1) is 0 Å². The van der Waals surface area contributed by atoms with Gasteiger partial charge < -0.3 is 10.1 Å². The molecule has 1 aliphatic carbocycles. The Kier molecular flexibility index (Phi) is 5.80. The fraction of sp³-hybridized carbons (Fsp3) is 0.923. The number of likely N-dealkylation sites (N-methyl/N-ethyl adjacent to an activating group) is 1. The highest BCUT2D eigenvalue weighted by atomic mass is 32.2. The molecule has 3 nitrogen and oxygen atoms in total. The van der Waals surface area contributed by atoms with E-state index in [1.165, 1.54) is 13.5 Å². The van der Waals surface area contributed by atoms with Gasteiger partial charge in [0.1, 0.15) is 5.54 Å². The van der Waals surface area contributed by atoms with Crippen LogP contribution in [0.15, 0.2) is 0 Å². The minimum absolute atomic E-state index is 0.0911. The number of carbonyl (C=O) groups excluding carboxylic acids is 1. The van der Waals surface area contributed by atoms with Crippen LogP contribution in [0.5, 0.6) is 0 Å². The molecule has 0 saturated heterocycles. The zero-order chi connectivity index (χ0) is 12.9. The summed E-state index contributed by atoms with van der Waals surface area (Å²) >= 11 is 2.02. The molecule has 1 N–H and O–H groups in total. The lowest BCUT2D eigenvalue weighted by atomic mass is 9.98. The zero-order valence-corrected chi connectivity index (χ0v) is 12.2. The molecule has 0 heterocycles. The third-order valence-electron chi connectivity index (χ3n) is 3.56. The number of ether oxygens (including phenoxy) is 1. The van der Waals surface area contributed by atoms with Gasteiger partial charge in [0.15, 0.2) is 0 Å². The van der Waals surface area contributed by atoms with Crippen LogP contribution in [-0.2, 0) is 9.53 Å². The molecule has 100 valence electrons. The van der Waals surface area contributed by atoms with Gasteiger partial charge in [0, 0.05) is 10.5 Å². The number of rotatable bonds is 6. The molecule has 0 amide bonds. The van der Waals surface area contributed by atoms with Gasteiger partial charge in [-0.15, -0.1) is 0 Å². The molecule has 0 spiro atoms. The van der Waals surface area contributed by atoms with Gasteiger partial charge in [-0.1, -0.05) is 20.8 Å². The van der Waals surface area contributed by atoms with Gasteiger partial charge in [0.05, 0.1) is 7.11 Å². The van der Waals surface area contributed by atoms with E-state index < -0.39 is 5.54 Å². The minimum Gasteiger partial charge on any atom is -0.468 e. The molecule has 1 saturated carbocycles. The van der Waals surface area contributed by atoms with Crippen LogP contribution in [-0.4, -0.2) is 35.7 Å². The second-order valence-electron chi connectivity index (χ2n) is 4.82. The van der Waals surface area contributed by atoms with Crippen LogP contribution in [0.4, 0.5) is 0 Å². The number of carbonyl (C=O) groups is 1. The van der Waals surface area contributed by atoms with Gasteiger partial charge in [-0.2, -0.15) is 11.8 Å². The molecule has 1 fully saturated rings. The standard InChI is InChI=1S/C13H25NO2S/c1-5-10(3)17-11-7-8-13(9-11,14-6-2)12(15)16-4/h10-11,14H,5-9H2,1-4H3. The summed E-state index contributed by atoms with van der Waals surface area (Å²) in [5.41, 5.74) is -0.422. The highest BCUT2D eigenvalue weighted by molar-refractivity contribution is 8.00. The summed E-state index contributed by atoms with van der Waals surface area (Å²) in [4.78, 5) is 11.9. The van der Waals surface area contributed by atoms with Crippen molar-refractivity contribution in [2.45, 2.75) is 62.5 Å². The Balaban J connectivity index is 2.61. The Bertz CT molecular complexity index is 260. The molecular formula is C13H25NO2S. The van der Waals surface area contributed by atoms with Crippen molar-refractivity contribution in [2.75, 3.05) is 13.7 Å². The lowest BCUT2D eigenvalue weighted by molar-refractivity contribution is -0.148. The largest absolute Gasteiger partial charge is 0.468 e. The summed E-state index contributed by atoms with van der Waals surface area (Å²) in [5.74, 6) is -0.0911. The van der Waals surface area contributed by atoms with Gasteiger partial charge in [-0.3, -0.25) is 4.79 Å². The monoisotopic (exact) mass is 259 g/mol. The van der Waals surface area contributed by atoms with Crippen molar-refractivity contribution in [3.05, 3.63) is 0 Å². The number of esters is 1. The molecule has 0 aromatic rings. The van der Waals surface area contributed by atoms with E-state index in [0.29, 0.717) is 10.5 Å². The number of hydrogen-bond acceptors (Lipinski definition) is 4. The number of hydrogen-bond donors (Lipinski definition) is 1. The normalized spacial score (nSPS) is 30.2. The molecule has 0 aliphatic heterocycles. The predicted molar refractivity (Wildman–Crippen MR) is 73.4 cm³/mol. The Morgan fingerprint density at radius 2 is 2.29 bits per heavy atom. The van der Waals surface area contributed by atoms with E-state index in [4.69, 9.17) is 4.74 Å². The topological polar surface area (TPSA) is 38.3 Å². The molecule has 0 aromatic carbocycles. The molecule has 0 radical (unpaired) electrons. The van der Waals surface area contributed by atoms with Crippen LogP contribution in [0.2, 0.25) is 0 Å². The third kappa shape index (κ3) is 3.62. The summed E-state index contributed by atoms with van der Waals surface area (Å²) in [5, 5.41) is 4.60. The lowest BCUT2D eigenvalue weighted by Crippen LogP contribution is -2.50. The molecule has 1 rings (SSSR count). The van der Waals surface area contributed by atoms with Crippen molar-refractivity contribution in [3.8, 4) is 0 Å². The third-order valence-corrected chi connectivity index (χ3v) is 5.15. The van der Waals surface area contributed by atoms with Crippen LogP contribution in [0.3, 0.4) is 0 Å². The van der Waals surface area contributed by atoms with Crippen molar-refractivity contribution in [3.63, 3.8) is 0 Å². The van der Waals surface area contributed by atoms with Crippen molar-refractivity contribution < 1.29 is 9.53 Å². The maximum Gasteiger partial charge on any atom is 0.326 e. The summed E-state index contributed by atoms with van der Waals surface area (Å²) in [6, 6.07) is 0. The first-order valence-electron chi connectivity index (χ1n) is 6.56. The van der Waals surface area contributed by atoms with Gasteiger partial charge in [-0.05, 0) is 32.2 Å². The Morgan fingerprint density at radius 3 is 2.82 bits per heavy atom. The molecule has 17 heavy (non-hydrogen) atoms. The van der Waals surface area contributed by atoms with Crippen LogP contribution in [0.1, 0.15) is 46.5 Å². The van der Waals surface area contributed by atoms with E-state index >= 15 is 0 Å². The van der Waals surface area contributed by atoms with Crippen LogP contribution < -0.4 is 5.32 Å². The van der Waals surface area contributed by atoms with Crippen molar-refractivity contribution in [1.29, 1.82) is 0 Å². The number of thioether (sulfide) groups is 1. The summed E-state index contributed by atoms with van der Waals surface area (Å²) in [6.45, 7) is 7.33. The maximum absolute atomic E-state index is 11.9. The minimum atomic E-state index is -0.422. The maximum atomic E-state index is 11.9. The van der Waals surface area contributed by atoms with E-state index in [9.17, 15) is 4.79 Å². The van der Waals surface area contributed by atoms with E-state index in [0.717, 1.165) is 25.8 Å². The summed E-state index contributed by atoms with van der Waals surface area (Å²) < 4.78 is 4.96. The first kappa shape index (κ1) is 14.8. The van der Waals surface area contributed by atoms with Gasteiger partial charge in [0.2, 0.25) is 0 Å². The predicted octanol–water partition coefficient (Wildman–Crippen LogP) is 2.59. The van der Waals surface area contributed by atoms with Crippen molar-refractivity contribution in [2.24, 2.45) is 0 Å². The molecule has 1 aliphatic rings. The second kappa shape index (κ2) is 6.64. The molecule has 0 aromatic heterocycles. The number of nitrogens with one attached hydrogen (secondary N) is 1. The molecular weight excluding hydrogens is 234 g/mol. The fourth-order valence-corrected chi connectivity index (χ4v) is 3.98. The van der Waals surface area contributed by atoms with Gasteiger partial charge in [-0.25, -0.2) is 0 Å². The lowest BCUT2D eigenvalue weighted by Gasteiger charge is -2.27. The molecule has 3 unspecified atom stereocenters. The second-order valence-corrected chi connectivity index (χ2v) is 6.57. The molecule has 3 atom stereocenters. The summed E-state index contributed by atoms with van der Waals surface area (Å²) in [6.07, 6.45) is 4.11. The van der Waals surface area contributed by atoms with Crippen LogP contribution >= 0.6 is 11.8 Å². The number of methoxy groups -OCH3 is 1. The fourth-order valence-electron chi connectivity index (χ4n) is 2.49. The molecule has 0 bridgehead atoms. The first-order valence-corrected chi connectivity index (χ1v) is 7.51. The zero-order valence-electron chi connectivity index (χ0n) is 11.4. The van der Waals surface area contributed by atoms with Gasteiger partial charge in [0.25, 0.3) is 0 Å². The van der Waals surface area contributed by atoms with Crippen molar-refractivity contribution >= 4 is 17.7 Å². The first-order chi connectivity index (χ1) is 8.07. The van der Waals surface area contributed by atoms with E-state index in [-0.39, 0.29) is 5.97 Å². The highest BCUT2D eigenvalue weighted by Crippen LogP contribution is 2.39. The molecule has 4 heteroatoms. The Hall–Kier alpha value is -0.220. The SMILES string of the molecule is CCNC1(C(=O)OC)CCC(SC(C)CC)C1.